The molecule has 4 bridgehead atoms. The average Bonchev–Trinajstić information content (AvgIpc) is 3.54. The maximum Gasteiger partial charge on any atom is 0.331 e. The Hall–Kier alpha value is -2.26. The molecule has 0 radical (unpaired) electrons. The molecule has 8 nitrogen and oxygen atoms in total. The summed E-state index contributed by atoms with van der Waals surface area (Å²) in [5.41, 5.74) is 0.362. The van der Waals surface area contributed by atoms with Gasteiger partial charge in [-0.15, -0.1) is 0 Å². The Kier molecular flexibility index (Phi) is 6.02. The molecule has 6 rings (SSSR count). The minimum Gasteiger partial charge on any atom is -0.462 e. The number of allylic oxidation sites excluding steroid dienone is 3. The predicted molar refractivity (Wildman–Crippen MR) is 132 cm³/mol. The second-order valence-electron chi connectivity index (χ2n) is 11.7. The van der Waals surface area contributed by atoms with Gasteiger partial charge >= 0.3 is 11.9 Å². The van der Waals surface area contributed by atoms with Gasteiger partial charge in [0.2, 0.25) is 0 Å². The van der Waals surface area contributed by atoms with Crippen molar-refractivity contribution in [2.75, 3.05) is 13.2 Å². The van der Waals surface area contributed by atoms with E-state index in [-0.39, 0.29) is 31.0 Å². The SMILES string of the molecule is CC1=C[C@H]2O[C@@H]3C[C@H]4OC(=O)/C=C\C=C\[C@H]5OC(C/C(C)=C/C(=O)OC[C@@]2(CC1)[C@]4(C)[C@]31CO1)O[C@@H]5C. The van der Waals surface area contributed by atoms with Gasteiger partial charge in [0, 0.05) is 30.4 Å². The highest BCUT2D eigenvalue weighted by Gasteiger charge is 2.83. The minimum absolute atomic E-state index is 0.147. The van der Waals surface area contributed by atoms with Crippen molar-refractivity contribution < 1.29 is 38.0 Å². The lowest BCUT2D eigenvalue weighted by atomic mass is 9.51. The molecule has 0 N–H and O–H groups in total. The monoisotopic (exact) mass is 512 g/mol. The maximum atomic E-state index is 13.0. The van der Waals surface area contributed by atoms with Gasteiger partial charge in [0.1, 0.15) is 24.4 Å². The first kappa shape index (κ1) is 25.0. The number of carbonyl (C=O) groups excluding carboxylic acids is 2. The first-order chi connectivity index (χ1) is 17.7. The van der Waals surface area contributed by atoms with E-state index >= 15 is 0 Å². The highest BCUT2D eigenvalue weighted by atomic mass is 16.7. The van der Waals surface area contributed by atoms with Crippen molar-refractivity contribution >= 4 is 11.9 Å². The van der Waals surface area contributed by atoms with Gasteiger partial charge in [0.15, 0.2) is 6.29 Å². The zero-order valence-electron chi connectivity index (χ0n) is 21.9. The Balaban J connectivity index is 1.37. The van der Waals surface area contributed by atoms with Gasteiger partial charge in [-0.25, -0.2) is 9.59 Å². The molecule has 1 saturated carbocycles. The summed E-state index contributed by atoms with van der Waals surface area (Å²) in [4.78, 5) is 26.0. The molecule has 200 valence electrons. The topological polar surface area (TPSA) is 92.8 Å². The average molecular weight is 513 g/mol. The zero-order valence-corrected chi connectivity index (χ0v) is 21.9. The first-order valence-corrected chi connectivity index (χ1v) is 13.3. The molecule has 37 heavy (non-hydrogen) atoms. The van der Waals surface area contributed by atoms with Crippen molar-refractivity contribution in [1.29, 1.82) is 0 Å². The molecule has 4 aliphatic heterocycles. The maximum absolute atomic E-state index is 13.0. The second kappa shape index (κ2) is 8.90. The fourth-order valence-electron chi connectivity index (χ4n) is 7.32. The Labute approximate surface area is 217 Å². The van der Waals surface area contributed by atoms with E-state index in [1.165, 1.54) is 17.7 Å². The molecule has 1 unspecified atom stereocenters. The Morgan fingerprint density at radius 2 is 1.78 bits per heavy atom. The third-order valence-corrected chi connectivity index (χ3v) is 9.58. The summed E-state index contributed by atoms with van der Waals surface area (Å²) in [7, 11) is 0. The number of rotatable bonds is 0. The van der Waals surface area contributed by atoms with Crippen molar-refractivity contribution in [3.63, 3.8) is 0 Å². The smallest absolute Gasteiger partial charge is 0.331 e. The number of esters is 2. The largest absolute Gasteiger partial charge is 0.462 e. The van der Waals surface area contributed by atoms with Gasteiger partial charge < -0.3 is 28.4 Å². The van der Waals surface area contributed by atoms with Gasteiger partial charge in [0.05, 0.1) is 30.3 Å². The van der Waals surface area contributed by atoms with Gasteiger partial charge in [-0.2, -0.15) is 0 Å². The van der Waals surface area contributed by atoms with Crippen LogP contribution in [-0.2, 0) is 38.0 Å². The fraction of sp³-hybridized carbons (Fsp3) is 0.655. The second-order valence-corrected chi connectivity index (χ2v) is 11.7. The molecule has 0 aromatic rings. The molecule has 2 spiro atoms. The standard InChI is InChI=1S/C29H36O8/c1-17-9-10-28-15-32-25(31)12-18(2)13-26-34-19(3)20(35-26)7-5-6-8-24(30)37-21-14-23(36-22(28)11-17)29(16-33-29)27(21,28)4/h5-8,11-12,19-23,26H,9-10,13-16H2,1-4H3/b7-5+,8-6-,18-12+/t19-,20-,21-,22-,23-,26?,27-,28-,29+/m1/s1. The van der Waals surface area contributed by atoms with Crippen molar-refractivity contribution in [3.05, 3.63) is 47.6 Å². The quantitative estimate of drug-likeness (QED) is 0.276. The lowest BCUT2D eigenvalue weighted by molar-refractivity contribution is -0.232. The molecule has 4 fully saturated rings. The third kappa shape index (κ3) is 3.87. The van der Waals surface area contributed by atoms with Crippen LogP contribution in [0.25, 0.3) is 0 Å². The summed E-state index contributed by atoms with van der Waals surface area (Å²) in [5, 5.41) is 0. The molecule has 8 heteroatoms. The number of hydrogen-bond acceptors (Lipinski definition) is 8. The molecule has 3 saturated heterocycles. The van der Waals surface area contributed by atoms with E-state index in [1.54, 1.807) is 12.2 Å². The van der Waals surface area contributed by atoms with Crippen LogP contribution in [0.15, 0.2) is 47.6 Å². The molecule has 6 aliphatic rings. The van der Waals surface area contributed by atoms with Crippen LogP contribution >= 0.6 is 0 Å². The van der Waals surface area contributed by atoms with E-state index in [2.05, 4.69) is 19.9 Å². The third-order valence-electron chi connectivity index (χ3n) is 9.58. The predicted octanol–water partition coefficient (Wildman–Crippen LogP) is 3.71. The molecule has 0 aromatic carbocycles. The Morgan fingerprint density at radius 1 is 0.973 bits per heavy atom. The molecular formula is C29H36O8. The molecule has 0 aromatic heterocycles. The zero-order chi connectivity index (χ0) is 26.0. The van der Waals surface area contributed by atoms with Crippen LogP contribution in [0.4, 0.5) is 0 Å². The number of ether oxygens (including phenoxy) is 6. The van der Waals surface area contributed by atoms with Crippen LogP contribution in [0, 0.1) is 10.8 Å². The minimum atomic E-state index is -0.590. The Morgan fingerprint density at radius 3 is 2.57 bits per heavy atom. The van der Waals surface area contributed by atoms with Crippen LogP contribution in [0.5, 0.6) is 0 Å². The van der Waals surface area contributed by atoms with Gasteiger partial charge in [-0.05, 0) is 33.6 Å². The highest BCUT2D eigenvalue weighted by Crippen LogP contribution is 2.72. The number of fused-ring (bicyclic) bond motifs is 2. The number of epoxide rings is 1. The van der Waals surface area contributed by atoms with Gasteiger partial charge in [-0.3, -0.25) is 0 Å². The molecule has 4 heterocycles. The fourth-order valence-corrected chi connectivity index (χ4v) is 7.32. The van der Waals surface area contributed by atoms with Crippen molar-refractivity contribution in [1.82, 2.24) is 0 Å². The molecule has 2 aliphatic carbocycles. The van der Waals surface area contributed by atoms with Crippen LogP contribution < -0.4 is 0 Å². The number of hydrogen-bond donors (Lipinski definition) is 0. The lowest BCUT2D eigenvalue weighted by Gasteiger charge is -2.58. The summed E-state index contributed by atoms with van der Waals surface area (Å²) in [6, 6.07) is 0. The molecular weight excluding hydrogens is 476 g/mol. The van der Waals surface area contributed by atoms with E-state index in [9.17, 15) is 9.59 Å². The van der Waals surface area contributed by atoms with Crippen molar-refractivity contribution in [3.8, 4) is 0 Å². The van der Waals surface area contributed by atoms with Gasteiger partial charge in [-0.1, -0.05) is 42.4 Å². The van der Waals surface area contributed by atoms with Crippen molar-refractivity contribution in [2.45, 2.75) is 95.8 Å². The first-order valence-electron chi connectivity index (χ1n) is 13.3. The van der Waals surface area contributed by atoms with E-state index in [0.717, 1.165) is 18.4 Å². The van der Waals surface area contributed by atoms with Crippen LogP contribution in [0.1, 0.15) is 53.4 Å². The van der Waals surface area contributed by atoms with Crippen LogP contribution in [-0.4, -0.2) is 67.6 Å². The summed E-state index contributed by atoms with van der Waals surface area (Å²) >= 11 is 0. The summed E-state index contributed by atoms with van der Waals surface area (Å²) in [6.45, 7) is 8.77. The van der Waals surface area contributed by atoms with Crippen LogP contribution in [0.2, 0.25) is 0 Å². The van der Waals surface area contributed by atoms with E-state index in [4.69, 9.17) is 28.4 Å². The van der Waals surface area contributed by atoms with Crippen molar-refractivity contribution in [2.24, 2.45) is 10.8 Å². The summed E-state index contributed by atoms with van der Waals surface area (Å²) in [6.07, 6.45) is 11.3. The molecule has 0 amide bonds. The van der Waals surface area contributed by atoms with Crippen LogP contribution in [0.3, 0.4) is 0 Å². The Bertz CT molecular complexity index is 1100. The lowest BCUT2D eigenvalue weighted by Crippen LogP contribution is -2.66. The number of carbonyl (C=O) groups is 2. The number of cyclic esters (lactones) is 1. The van der Waals surface area contributed by atoms with Gasteiger partial charge in [0.25, 0.3) is 0 Å². The van der Waals surface area contributed by atoms with E-state index < -0.39 is 40.8 Å². The normalized spacial score (nSPS) is 50.5. The molecule has 9 atom stereocenters. The summed E-state index contributed by atoms with van der Waals surface area (Å²) in [5.74, 6) is -0.828. The van der Waals surface area contributed by atoms with E-state index in [0.29, 0.717) is 19.4 Å². The summed E-state index contributed by atoms with van der Waals surface area (Å²) < 4.78 is 36.8. The van der Waals surface area contributed by atoms with E-state index in [1.807, 2.05) is 19.9 Å². The highest BCUT2D eigenvalue weighted by molar-refractivity contribution is 5.83.